The minimum Gasteiger partial charge on any atom is -0.393 e. The van der Waals surface area contributed by atoms with Crippen LogP contribution in [0.25, 0.3) is 0 Å². The molecule has 4 fully saturated rings. The first-order chi connectivity index (χ1) is 17.8. The molecule has 220 valence electrons. The number of nitrogens with zero attached hydrogens (tertiary/aromatic N) is 1. The number of hydrogen-bond acceptors (Lipinski definition) is 4. The average Bonchev–Trinajstić information content (AvgIpc) is 3.20. The summed E-state index contributed by atoms with van der Waals surface area (Å²) in [5.74, 6) is 2.17. The van der Waals surface area contributed by atoms with Crippen LogP contribution in [0.5, 0.6) is 0 Å². The van der Waals surface area contributed by atoms with Gasteiger partial charge in [0.2, 0.25) is 5.91 Å². The van der Waals surface area contributed by atoms with Crippen LogP contribution in [0.3, 0.4) is 0 Å². The van der Waals surface area contributed by atoms with E-state index >= 15 is 0 Å². The number of hydrogen-bond donors (Lipinski definition) is 4. The van der Waals surface area contributed by atoms with Gasteiger partial charge >= 0.3 is 0 Å². The molecule has 0 aromatic heterocycles. The number of carbonyl (C=O) groups is 1. The van der Waals surface area contributed by atoms with Gasteiger partial charge in [-0.1, -0.05) is 27.7 Å². The van der Waals surface area contributed by atoms with E-state index in [1.807, 2.05) is 0 Å². The largest absolute Gasteiger partial charge is 0.393 e. The van der Waals surface area contributed by atoms with Crippen LogP contribution in [0, 0.1) is 46.3 Å². The van der Waals surface area contributed by atoms with Crippen LogP contribution in [0.4, 0.5) is 0 Å². The Morgan fingerprint density at radius 3 is 2.47 bits per heavy atom. The topological polar surface area (TPSA) is 89.8 Å². The van der Waals surface area contributed by atoms with Gasteiger partial charge in [-0.05, 0) is 104 Å². The number of aliphatic hydroxyl groups is 3. The van der Waals surface area contributed by atoms with Gasteiger partial charge in [-0.15, -0.1) is 0 Å². The Morgan fingerprint density at radius 2 is 1.76 bits per heavy atom. The molecular weight excluding hydrogens is 476 g/mol. The van der Waals surface area contributed by atoms with E-state index in [0.29, 0.717) is 36.0 Å². The summed E-state index contributed by atoms with van der Waals surface area (Å²) in [6, 6.07) is 0. The molecule has 0 aliphatic heterocycles. The Hall–Kier alpha value is -0.690. The SMILES string of the molecule is CCC[N+](C)(C)CCCNC(=O)CC[C@@H](C)[C@H]1CCC2C3C(O)CC4C[C@H](O)CC[C@]4(C)C3C[C@H](O)[C@@]21C. The fraction of sp³-hybridized carbons (Fsp3) is 0.969. The van der Waals surface area contributed by atoms with Crippen LogP contribution < -0.4 is 5.32 Å². The Kier molecular flexibility index (Phi) is 9.29. The number of nitrogens with one attached hydrogen (secondary N) is 1. The van der Waals surface area contributed by atoms with Crippen LogP contribution in [0.15, 0.2) is 0 Å². The minimum absolute atomic E-state index is 0.109. The third-order valence-electron chi connectivity index (χ3n) is 12.4. The molecule has 4 aliphatic rings. The zero-order chi connectivity index (χ0) is 27.9. The molecule has 4 N–H and O–H groups in total. The maximum Gasteiger partial charge on any atom is 0.220 e. The van der Waals surface area contributed by atoms with Crippen molar-refractivity contribution in [2.45, 2.75) is 117 Å². The predicted molar refractivity (Wildman–Crippen MR) is 152 cm³/mol. The molecule has 11 atom stereocenters. The summed E-state index contributed by atoms with van der Waals surface area (Å²) in [5, 5.41) is 36.7. The molecule has 0 saturated heterocycles. The van der Waals surface area contributed by atoms with Gasteiger partial charge in [-0.3, -0.25) is 4.79 Å². The minimum atomic E-state index is -0.364. The van der Waals surface area contributed by atoms with E-state index in [9.17, 15) is 20.1 Å². The fourth-order valence-corrected chi connectivity index (χ4v) is 10.2. The van der Waals surface area contributed by atoms with Gasteiger partial charge in [0.05, 0.1) is 45.5 Å². The fourth-order valence-electron chi connectivity index (χ4n) is 10.2. The molecule has 6 nitrogen and oxygen atoms in total. The summed E-state index contributed by atoms with van der Waals surface area (Å²) >= 11 is 0. The average molecular weight is 536 g/mol. The molecule has 38 heavy (non-hydrogen) atoms. The van der Waals surface area contributed by atoms with Gasteiger partial charge in [0.15, 0.2) is 0 Å². The third-order valence-corrected chi connectivity index (χ3v) is 12.4. The summed E-state index contributed by atoms with van der Waals surface area (Å²) in [5.41, 5.74) is -0.0872. The van der Waals surface area contributed by atoms with Gasteiger partial charge < -0.3 is 25.1 Å². The molecule has 0 spiro atoms. The first-order valence-corrected chi connectivity index (χ1v) is 16.0. The smallest absolute Gasteiger partial charge is 0.220 e. The molecule has 0 bridgehead atoms. The van der Waals surface area contributed by atoms with E-state index in [-0.39, 0.29) is 41.0 Å². The Bertz CT molecular complexity index is 819. The Labute approximate surface area is 232 Å². The van der Waals surface area contributed by atoms with Gasteiger partial charge in [0.25, 0.3) is 0 Å². The van der Waals surface area contributed by atoms with Gasteiger partial charge in [-0.25, -0.2) is 0 Å². The molecule has 4 rings (SSSR count). The first-order valence-electron chi connectivity index (χ1n) is 16.0. The van der Waals surface area contributed by atoms with Gasteiger partial charge in [-0.2, -0.15) is 0 Å². The molecule has 0 radical (unpaired) electrons. The summed E-state index contributed by atoms with van der Waals surface area (Å²) < 4.78 is 1.01. The highest BCUT2D eigenvalue weighted by molar-refractivity contribution is 5.75. The maximum absolute atomic E-state index is 12.6. The van der Waals surface area contributed by atoms with Crippen molar-refractivity contribution in [2.75, 3.05) is 33.7 Å². The summed E-state index contributed by atoms with van der Waals surface area (Å²) in [7, 11) is 4.52. The lowest BCUT2D eigenvalue weighted by Gasteiger charge is -2.63. The lowest BCUT2D eigenvalue weighted by Crippen LogP contribution is -2.62. The van der Waals surface area contributed by atoms with Crippen molar-refractivity contribution in [1.29, 1.82) is 0 Å². The summed E-state index contributed by atoms with van der Waals surface area (Å²) in [6.07, 6.45) is 9.04. The third kappa shape index (κ3) is 5.71. The second-order valence-corrected chi connectivity index (χ2v) is 15.1. The first kappa shape index (κ1) is 30.3. The van der Waals surface area contributed by atoms with E-state index in [1.54, 1.807) is 0 Å². The van der Waals surface area contributed by atoms with Crippen molar-refractivity contribution < 1.29 is 24.6 Å². The zero-order valence-electron chi connectivity index (χ0n) is 25.3. The standard InChI is InChI=1S/C32H58N2O4/c1-7-16-34(5,6)17-8-15-33-29(38)12-9-21(2)24-10-11-25-30-26(20-28(37)32(24,25)4)31(3)14-13-23(35)18-22(31)19-27(30)36/h21-28,30,35-37H,7-20H2,1-6H3/p+1/t21-,22?,23-,24-,25?,26?,27?,28+,30?,31+,32-/m1/s1. The van der Waals surface area contributed by atoms with E-state index in [0.717, 1.165) is 75.4 Å². The molecule has 0 aromatic carbocycles. The summed E-state index contributed by atoms with van der Waals surface area (Å²) in [4.78, 5) is 12.6. The van der Waals surface area contributed by atoms with E-state index < -0.39 is 0 Å². The van der Waals surface area contributed by atoms with Crippen LogP contribution in [-0.2, 0) is 4.79 Å². The number of quaternary nitrogens is 1. The van der Waals surface area contributed by atoms with Crippen LogP contribution in [0.1, 0.15) is 98.3 Å². The predicted octanol–water partition coefficient (Wildman–Crippen LogP) is 4.36. The lowest BCUT2D eigenvalue weighted by molar-refractivity contribution is -0.890. The number of amides is 1. The van der Waals surface area contributed by atoms with Crippen LogP contribution in [-0.4, -0.2) is 77.8 Å². The van der Waals surface area contributed by atoms with Gasteiger partial charge in [0, 0.05) is 19.4 Å². The number of rotatable bonds is 10. The van der Waals surface area contributed by atoms with Crippen molar-refractivity contribution in [2.24, 2.45) is 46.3 Å². The maximum atomic E-state index is 12.6. The van der Waals surface area contributed by atoms with Crippen molar-refractivity contribution in [3.63, 3.8) is 0 Å². The number of aliphatic hydroxyl groups excluding tert-OH is 3. The molecular formula is C32H59N2O4+. The molecule has 0 aromatic rings. The van der Waals surface area contributed by atoms with Crippen molar-refractivity contribution in [3.05, 3.63) is 0 Å². The Morgan fingerprint density at radius 1 is 1.03 bits per heavy atom. The van der Waals surface area contributed by atoms with Crippen LogP contribution >= 0.6 is 0 Å². The van der Waals surface area contributed by atoms with E-state index in [4.69, 9.17) is 0 Å². The number of carbonyl (C=O) groups excluding carboxylic acids is 1. The van der Waals surface area contributed by atoms with Crippen molar-refractivity contribution in [3.8, 4) is 0 Å². The highest BCUT2D eigenvalue weighted by Gasteiger charge is 2.65. The Balaban J connectivity index is 1.34. The van der Waals surface area contributed by atoms with E-state index in [2.05, 4.69) is 47.1 Å². The monoisotopic (exact) mass is 535 g/mol. The lowest BCUT2D eigenvalue weighted by atomic mass is 9.43. The second kappa shape index (κ2) is 11.7. The van der Waals surface area contributed by atoms with Crippen LogP contribution in [0.2, 0.25) is 0 Å². The molecule has 5 unspecified atom stereocenters. The van der Waals surface area contributed by atoms with Gasteiger partial charge in [0.1, 0.15) is 0 Å². The zero-order valence-corrected chi connectivity index (χ0v) is 25.3. The number of fused-ring (bicyclic) bond motifs is 5. The quantitative estimate of drug-likeness (QED) is 0.247. The molecule has 0 heterocycles. The van der Waals surface area contributed by atoms with Crippen molar-refractivity contribution >= 4 is 5.91 Å². The molecule has 4 saturated carbocycles. The summed E-state index contributed by atoms with van der Waals surface area (Å²) in [6.45, 7) is 12.2. The highest BCUT2D eigenvalue weighted by atomic mass is 16.3. The second-order valence-electron chi connectivity index (χ2n) is 15.1. The molecule has 4 aliphatic carbocycles. The highest BCUT2D eigenvalue weighted by Crippen LogP contribution is 2.68. The van der Waals surface area contributed by atoms with Crippen molar-refractivity contribution in [1.82, 2.24) is 5.32 Å². The van der Waals surface area contributed by atoms with E-state index in [1.165, 1.54) is 13.0 Å². The molecule has 1 amide bonds. The normalized spacial score (nSPS) is 43.6. The molecule has 6 heteroatoms.